The van der Waals surface area contributed by atoms with Crippen molar-refractivity contribution < 1.29 is 14.2 Å². The second-order valence-corrected chi connectivity index (χ2v) is 5.34. The SMILES string of the molecule is OCc1c(Cl)cccc1Oc1cc(F)c(Cl)cc1Br. The molecule has 2 nitrogen and oxygen atoms in total. The Hall–Kier alpha value is -0.810. The first kappa shape index (κ1) is 14.6. The van der Waals surface area contributed by atoms with Crippen LogP contribution in [0.15, 0.2) is 34.8 Å². The number of hydrogen-bond donors (Lipinski definition) is 1. The molecule has 0 atom stereocenters. The molecule has 100 valence electrons. The van der Waals surface area contributed by atoms with E-state index in [0.29, 0.717) is 20.8 Å². The molecule has 2 aromatic rings. The van der Waals surface area contributed by atoms with E-state index in [0.717, 1.165) is 6.07 Å². The highest BCUT2D eigenvalue weighted by atomic mass is 79.9. The Morgan fingerprint density at radius 1 is 1.16 bits per heavy atom. The third kappa shape index (κ3) is 3.20. The first-order chi connectivity index (χ1) is 9.02. The van der Waals surface area contributed by atoms with Gasteiger partial charge in [0.05, 0.1) is 16.1 Å². The van der Waals surface area contributed by atoms with E-state index in [1.807, 2.05) is 0 Å². The van der Waals surface area contributed by atoms with Crippen LogP contribution in [0.1, 0.15) is 5.56 Å². The van der Waals surface area contributed by atoms with E-state index in [1.54, 1.807) is 18.2 Å². The minimum atomic E-state index is -0.590. The summed E-state index contributed by atoms with van der Waals surface area (Å²) in [4.78, 5) is 0. The van der Waals surface area contributed by atoms with Gasteiger partial charge in [0.2, 0.25) is 0 Å². The van der Waals surface area contributed by atoms with Crippen LogP contribution < -0.4 is 4.74 Å². The minimum absolute atomic E-state index is 0.00676. The molecular formula is C13H8BrCl2FO2. The molecule has 0 saturated heterocycles. The van der Waals surface area contributed by atoms with E-state index in [1.165, 1.54) is 6.07 Å². The van der Waals surface area contributed by atoms with Crippen LogP contribution >= 0.6 is 39.1 Å². The Bertz CT molecular complexity index is 620. The second kappa shape index (κ2) is 6.09. The van der Waals surface area contributed by atoms with Gasteiger partial charge in [0.1, 0.15) is 17.3 Å². The van der Waals surface area contributed by atoms with E-state index >= 15 is 0 Å². The molecule has 2 rings (SSSR count). The average molecular weight is 366 g/mol. The zero-order valence-corrected chi connectivity index (χ0v) is 12.6. The average Bonchev–Trinajstić information content (AvgIpc) is 2.36. The van der Waals surface area contributed by atoms with Crippen molar-refractivity contribution >= 4 is 39.1 Å². The van der Waals surface area contributed by atoms with Crippen molar-refractivity contribution in [3.63, 3.8) is 0 Å². The van der Waals surface area contributed by atoms with Crippen molar-refractivity contribution in [1.29, 1.82) is 0 Å². The van der Waals surface area contributed by atoms with Crippen LogP contribution in [0.5, 0.6) is 11.5 Å². The number of benzene rings is 2. The maximum atomic E-state index is 13.4. The smallest absolute Gasteiger partial charge is 0.145 e. The standard InChI is InChI=1S/C13H8BrCl2FO2/c14-8-4-10(16)11(17)5-13(8)19-12-3-1-2-9(15)7(12)6-18/h1-5,18H,6H2. The lowest BCUT2D eigenvalue weighted by atomic mass is 10.2. The minimum Gasteiger partial charge on any atom is -0.456 e. The molecule has 0 saturated carbocycles. The van der Waals surface area contributed by atoms with E-state index in [-0.39, 0.29) is 17.4 Å². The van der Waals surface area contributed by atoms with Gasteiger partial charge in [0, 0.05) is 16.7 Å². The fraction of sp³-hybridized carbons (Fsp3) is 0.0769. The third-order valence-corrected chi connectivity index (χ3v) is 3.69. The molecular weight excluding hydrogens is 358 g/mol. The molecule has 0 amide bonds. The van der Waals surface area contributed by atoms with Crippen LogP contribution in [-0.4, -0.2) is 5.11 Å². The van der Waals surface area contributed by atoms with Crippen LogP contribution in [0.4, 0.5) is 4.39 Å². The molecule has 0 aliphatic rings. The number of aliphatic hydroxyl groups is 1. The second-order valence-electron chi connectivity index (χ2n) is 3.67. The van der Waals surface area contributed by atoms with Crippen molar-refractivity contribution in [2.75, 3.05) is 0 Å². The molecule has 0 heterocycles. The van der Waals surface area contributed by atoms with Crippen LogP contribution in [0.2, 0.25) is 10.0 Å². The summed E-state index contributed by atoms with van der Waals surface area (Å²) in [6, 6.07) is 7.51. The molecule has 6 heteroatoms. The van der Waals surface area contributed by atoms with Crippen molar-refractivity contribution in [1.82, 2.24) is 0 Å². The van der Waals surface area contributed by atoms with Gasteiger partial charge in [-0.3, -0.25) is 0 Å². The number of hydrogen-bond acceptors (Lipinski definition) is 2. The van der Waals surface area contributed by atoms with E-state index < -0.39 is 5.82 Å². The molecule has 0 bridgehead atoms. The highest BCUT2D eigenvalue weighted by Gasteiger charge is 2.12. The van der Waals surface area contributed by atoms with Crippen molar-refractivity contribution in [2.24, 2.45) is 0 Å². The van der Waals surface area contributed by atoms with Crippen LogP contribution in [-0.2, 0) is 6.61 Å². The van der Waals surface area contributed by atoms with Crippen LogP contribution in [0.25, 0.3) is 0 Å². The highest BCUT2D eigenvalue weighted by Crippen LogP contribution is 2.36. The maximum Gasteiger partial charge on any atom is 0.145 e. The third-order valence-electron chi connectivity index (χ3n) is 2.43. The summed E-state index contributed by atoms with van der Waals surface area (Å²) in [5.74, 6) is 0.0173. The zero-order chi connectivity index (χ0) is 14.0. The summed E-state index contributed by atoms with van der Waals surface area (Å²) < 4.78 is 19.5. The van der Waals surface area contributed by atoms with Crippen molar-refractivity contribution in [2.45, 2.75) is 6.61 Å². The summed E-state index contributed by atoms with van der Waals surface area (Å²) in [6.07, 6.45) is 0. The number of halogens is 4. The lowest BCUT2D eigenvalue weighted by Crippen LogP contribution is -1.94. The maximum absolute atomic E-state index is 13.4. The lowest BCUT2D eigenvalue weighted by molar-refractivity contribution is 0.276. The van der Waals surface area contributed by atoms with Gasteiger partial charge >= 0.3 is 0 Å². The molecule has 0 aliphatic heterocycles. The Kier molecular flexibility index (Phi) is 4.68. The fourth-order valence-corrected chi connectivity index (χ4v) is 2.43. The molecule has 0 unspecified atom stereocenters. The predicted molar refractivity (Wildman–Crippen MR) is 76.6 cm³/mol. The Morgan fingerprint density at radius 2 is 1.89 bits per heavy atom. The number of ether oxygens (including phenoxy) is 1. The molecule has 19 heavy (non-hydrogen) atoms. The summed E-state index contributed by atoms with van der Waals surface area (Å²) >= 11 is 14.8. The Morgan fingerprint density at radius 3 is 2.58 bits per heavy atom. The highest BCUT2D eigenvalue weighted by molar-refractivity contribution is 9.10. The van der Waals surface area contributed by atoms with Gasteiger partial charge in [-0.15, -0.1) is 0 Å². The van der Waals surface area contributed by atoms with Crippen LogP contribution in [0.3, 0.4) is 0 Å². The van der Waals surface area contributed by atoms with E-state index in [2.05, 4.69) is 15.9 Å². The largest absolute Gasteiger partial charge is 0.456 e. The normalized spacial score (nSPS) is 10.6. The van der Waals surface area contributed by atoms with Gasteiger partial charge in [-0.2, -0.15) is 0 Å². The molecule has 0 aliphatic carbocycles. The summed E-state index contributed by atoms with van der Waals surface area (Å²) in [6.45, 7) is -0.275. The summed E-state index contributed by atoms with van der Waals surface area (Å²) in [5.41, 5.74) is 0.437. The molecule has 2 aromatic carbocycles. The molecule has 0 spiro atoms. The van der Waals surface area contributed by atoms with Gasteiger partial charge in [-0.05, 0) is 34.1 Å². The van der Waals surface area contributed by atoms with Crippen LogP contribution in [0, 0.1) is 5.82 Å². The Labute approximate surface area is 127 Å². The zero-order valence-electron chi connectivity index (χ0n) is 9.46. The number of aliphatic hydroxyl groups excluding tert-OH is 1. The monoisotopic (exact) mass is 364 g/mol. The number of rotatable bonds is 3. The van der Waals surface area contributed by atoms with Gasteiger partial charge in [0.15, 0.2) is 0 Å². The first-order valence-electron chi connectivity index (χ1n) is 5.23. The fourth-order valence-electron chi connectivity index (χ4n) is 1.49. The summed E-state index contributed by atoms with van der Waals surface area (Å²) in [7, 11) is 0. The summed E-state index contributed by atoms with van der Waals surface area (Å²) in [5, 5.41) is 9.65. The van der Waals surface area contributed by atoms with Crippen molar-refractivity contribution in [3.05, 3.63) is 56.2 Å². The quantitative estimate of drug-likeness (QED) is 0.759. The van der Waals surface area contributed by atoms with Gasteiger partial charge in [-0.1, -0.05) is 29.3 Å². The topological polar surface area (TPSA) is 29.5 Å². The van der Waals surface area contributed by atoms with Gasteiger partial charge in [-0.25, -0.2) is 4.39 Å². The molecule has 0 radical (unpaired) electrons. The van der Waals surface area contributed by atoms with Gasteiger partial charge in [0.25, 0.3) is 0 Å². The predicted octanol–water partition coefficient (Wildman–Crippen LogP) is 5.18. The first-order valence-corrected chi connectivity index (χ1v) is 6.78. The van der Waals surface area contributed by atoms with E-state index in [9.17, 15) is 9.50 Å². The van der Waals surface area contributed by atoms with Gasteiger partial charge < -0.3 is 9.84 Å². The van der Waals surface area contributed by atoms with E-state index in [4.69, 9.17) is 27.9 Å². The molecule has 1 N–H and O–H groups in total. The lowest BCUT2D eigenvalue weighted by Gasteiger charge is -2.12. The molecule has 0 fully saturated rings. The molecule has 0 aromatic heterocycles. The Balaban J connectivity index is 2.42. The van der Waals surface area contributed by atoms with Crippen molar-refractivity contribution in [3.8, 4) is 11.5 Å².